The van der Waals surface area contributed by atoms with Crippen LogP contribution in [0.3, 0.4) is 0 Å². The maximum Gasteiger partial charge on any atom is 0.315 e. The number of carbonyl (C=O) groups is 3. The SMILES string of the molecule is CNC(=O)[C@@H](CCC=O)c1ccc(C2CC(N3CCN(c4ccc5c(c4)[nH]c4ncnc(-c6ccc(C(C)NC(=O)c7nc(C8(C)CC8)no7)c(C)c6)c45)CC3)C2)cc1. The van der Waals surface area contributed by atoms with Crippen LogP contribution in [0.5, 0.6) is 0 Å². The molecule has 4 heterocycles. The lowest BCUT2D eigenvalue weighted by Crippen LogP contribution is -2.53. The molecule has 13 heteroatoms. The highest BCUT2D eigenvalue weighted by molar-refractivity contribution is 6.12. The van der Waals surface area contributed by atoms with Gasteiger partial charge in [-0.05, 0) is 92.3 Å². The lowest BCUT2D eigenvalue weighted by atomic mass is 9.74. The summed E-state index contributed by atoms with van der Waals surface area (Å²) < 4.78 is 5.29. The first-order valence-electron chi connectivity index (χ1n) is 20.9. The minimum atomic E-state index is -0.378. The van der Waals surface area contributed by atoms with Gasteiger partial charge < -0.3 is 29.8 Å². The van der Waals surface area contributed by atoms with Gasteiger partial charge in [-0.3, -0.25) is 14.5 Å². The number of rotatable bonds is 13. The Morgan fingerprint density at radius 2 is 1.80 bits per heavy atom. The fourth-order valence-corrected chi connectivity index (χ4v) is 9.11. The molecule has 13 nitrogen and oxygen atoms in total. The van der Waals surface area contributed by atoms with E-state index in [4.69, 9.17) is 9.51 Å². The average Bonchev–Trinajstić information content (AvgIpc) is 3.60. The summed E-state index contributed by atoms with van der Waals surface area (Å²) in [5.74, 6) is 0.405. The Balaban J connectivity index is 0.827. The van der Waals surface area contributed by atoms with Crippen molar-refractivity contribution in [2.75, 3.05) is 38.1 Å². The van der Waals surface area contributed by atoms with Crippen LogP contribution in [-0.4, -0.2) is 87.4 Å². The number of piperazine rings is 1. The summed E-state index contributed by atoms with van der Waals surface area (Å²) in [7, 11) is 1.65. The van der Waals surface area contributed by atoms with Crippen molar-refractivity contribution in [2.24, 2.45) is 0 Å². The quantitative estimate of drug-likeness (QED) is 0.105. The molecule has 1 unspecified atom stereocenters. The van der Waals surface area contributed by atoms with E-state index in [1.54, 1.807) is 13.4 Å². The van der Waals surface area contributed by atoms with E-state index in [2.05, 4.69) is 102 Å². The maximum atomic E-state index is 13.0. The van der Waals surface area contributed by atoms with E-state index in [1.165, 1.54) is 11.3 Å². The van der Waals surface area contributed by atoms with Crippen molar-refractivity contribution in [3.05, 3.63) is 101 Å². The molecule has 1 saturated heterocycles. The van der Waals surface area contributed by atoms with E-state index in [-0.39, 0.29) is 35.1 Å². The van der Waals surface area contributed by atoms with Gasteiger partial charge in [0.2, 0.25) is 5.91 Å². The summed E-state index contributed by atoms with van der Waals surface area (Å²) in [6.45, 7) is 10.1. The summed E-state index contributed by atoms with van der Waals surface area (Å²) in [5, 5.41) is 11.9. The molecule has 0 radical (unpaired) electrons. The predicted octanol–water partition coefficient (Wildman–Crippen LogP) is 6.89. The van der Waals surface area contributed by atoms with Crippen molar-refractivity contribution >= 4 is 45.7 Å². The number of aromatic nitrogens is 5. The molecule has 0 spiro atoms. The molecular weight excluding hydrogens is 743 g/mol. The van der Waals surface area contributed by atoms with Crippen molar-refractivity contribution < 1.29 is 18.9 Å². The topological polar surface area (TPSA) is 162 Å². The van der Waals surface area contributed by atoms with Crippen molar-refractivity contribution in [1.29, 1.82) is 0 Å². The number of anilines is 1. The minimum Gasteiger partial charge on any atom is -0.369 e. The van der Waals surface area contributed by atoms with Gasteiger partial charge in [0.1, 0.15) is 18.3 Å². The number of carbonyl (C=O) groups excluding carboxylic acids is 3. The van der Waals surface area contributed by atoms with Gasteiger partial charge in [0.15, 0.2) is 5.82 Å². The zero-order chi connectivity index (χ0) is 40.8. The zero-order valence-corrected chi connectivity index (χ0v) is 34.1. The van der Waals surface area contributed by atoms with Crippen LogP contribution in [0.2, 0.25) is 0 Å². The molecule has 304 valence electrons. The van der Waals surface area contributed by atoms with Gasteiger partial charge in [-0.25, -0.2) is 9.97 Å². The number of hydrogen-bond donors (Lipinski definition) is 3. The smallest absolute Gasteiger partial charge is 0.315 e. The second kappa shape index (κ2) is 15.7. The highest BCUT2D eigenvalue weighted by Gasteiger charge is 2.44. The van der Waals surface area contributed by atoms with Crippen LogP contribution in [0, 0.1) is 6.92 Å². The van der Waals surface area contributed by atoms with E-state index in [1.807, 2.05) is 19.9 Å². The number of aryl methyl sites for hydroxylation is 1. The van der Waals surface area contributed by atoms with Crippen molar-refractivity contribution in [3.63, 3.8) is 0 Å². The number of amides is 2. The molecule has 1 aliphatic heterocycles. The van der Waals surface area contributed by atoms with Crippen molar-refractivity contribution in [1.82, 2.24) is 40.6 Å². The molecule has 6 aromatic rings. The zero-order valence-electron chi connectivity index (χ0n) is 34.1. The van der Waals surface area contributed by atoms with Crippen LogP contribution in [0.1, 0.15) is 109 Å². The molecule has 3 aromatic heterocycles. The first-order chi connectivity index (χ1) is 28.6. The highest BCUT2D eigenvalue weighted by atomic mass is 16.5. The van der Waals surface area contributed by atoms with Gasteiger partial charge in [-0.1, -0.05) is 54.5 Å². The van der Waals surface area contributed by atoms with E-state index < -0.39 is 0 Å². The molecule has 3 aliphatic rings. The van der Waals surface area contributed by atoms with Gasteiger partial charge in [0, 0.05) is 73.3 Å². The van der Waals surface area contributed by atoms with E-state index in [0.29, 0.717) is 30.6 Å². The molecule has 2 atom stereocenters. The molecule has 9 rings (SSSR count). The number of nitrogens with one attached hydrogen (secondary N) is 3. The number of fused-ring (bicyclic) bond motifs is 3. The first kappa shape index (κ1) is 38.6. The van der Waals surface area contributed by atoms with Crippen LogP contribution in [0.25, 0.3) is 33.2 Å². The molecule has 3 aromatic carbocycles. The Morgan fingerprint density at radius 3 is 2.51 bits per heavy atom. The summed E-state index contributed by atoms with van der Waals surface area (Å²) in [4.78, 5) is 58.8. The Kier molecular flexibility index (Phi) is 10.2. The lowest BCUT2D eigenvalue weighted by molar-refractivity contribution is -0.122. The van der Waals surface area contributed by atoms with Crippen molar-refractivity contribution in [2.45, 2.75) is 88.6 Å². The van der Waals surface area contributed by atoms with Gasteiger partial charge in [-0.2, -0.15) is 4.98 Å². The van der Waals surface area contributed by atoms with E-state index in [9.17, 15) is 14.4 Å². The van der Waals surface area contributed by atoms with Crippen LogP contribution < -0.4 is 15.5 Å². The highest BCUT2D eigenvalue weighted by Crippen LogP contribution is 2.46. The number of aromatic amines is 1. The normalized spacial score (nSPS) is 19.9. The Labute approximate surface area is 343 Å². The summed E-state index contributed by atoms with van der Waals surface area (Å²) in [6, 6.07) is 21.7. The Morgan fingerprint density at radius 1 is 1.02 bits per heavy atom. The third kappa shape index (κ3) is 7.48. The van der Waals surface area contributed by atoms with E-state index >= 15 is 0 Å². The fourth-order valence-electron chi connectivity index (χ4n) is 9.11. The second-order valence-corrected chi connectivity index (χ2v) is 17.0. The lowest BCUT2D eigenvalue weighted by Gasteiger charge is -2.47. The molecule has 0 bridgehead atoms. The van der Waals surface area contributed by atoms with Gasteiger partial charge in [0.25, 0.3) is 0 Å². The first-order valence-corrected chi connectivity index (χ1v) is 20.9. The monoisotopic (exact) mass is 793 g/mol. The van der Waals surface area contributed by atoms with E-state index in [0.717, 1.165) is 108 Å². The van der Waals surface area contributed by atoms with Crippen LogP contribution in [0.4, 0.5) is 5.69 Å². The second-order valence-electron chi connectivity index (χ2n) is 17.0. The third-order valence-corrected chi connectivity index (χ3v) is 13.1. The molecule has 2 saturated carbocycles. The summed E-state index contributed by atoms with van der Waals surface area (Å²) >= 11 is 0. The number of likely N-dealkylation sites (N-methyl/N-ethyl adjacent to an activating group) is 1. The number of nitrogens with zero attached hydrogens (tertiary/aromatic N) is 6. The standard InChI is InChI=1S/C46H51N9O4/c1-27-22-31(11-13-35(27)28(2)50-43(58)44-52-45(53-59-44)46(3)15-16-46)40-39-37-14-12-33(25-38(37)51-41(39)49-26-48-40)54-17-19-55(20-18-54)34-23-32(24-34)29-7-9-30(10-8-29)36(6-5-21-56)42(57)47-4/h7-14,21-22,25-26,28,32,34,36H,5-6,15-20,23-24H2,1-4H3,(H,47,57)(H,50,58)(H,48,49,51)/t28?,32?,34?,36-/m0/s1. The minimum absolute atomic E-state index is 0.00546. The number of hydrogen-bond acceptors (Lipinski definition) is 10. The summed E-state index contributed by atoms with van der Waals surface area (Å²) in [5.41, 5.74) is 9.12. The van der Waals surface area contributed by atoms with Crippen molar-refractivity contribution in [3.8, 4) is 11.3 Å². The van der Waals surface area contributed by atoms with Gasteiger partial charge >= 0.3 is 11.8 Å². The average molecular weight is 794 g/mol. The Bertz CT molecular complexity index is 2530. The summed E-state index contributed by atoms with van der Waals surface area (Å²) in [6.07, 6.45) is 7.69. The predicted molar refractivity (Wildman–Crippen MR) is 226 cm³/mol. The third-order valence-electron chi connectivity index (χ3n) is 13.1. The molecule has 2 amide bonds. The fraction of sp³-hybridized carbons (Fsp3) is 0.413. The molecule has 3 fully saturated rings. The molecular formula is C46H51N9O4. The molecule has 2 aliphatic carbocycles. The molecule has 3 N–H and O–H groups in total. The van der Waals surface area contributed by atoms with Crippen LogP contribution >= 0.6 is 0 Å². The Hall–Kier alpha value is -5.95. The van der Waals surface area contributed by atoms with Gasteiger partial charge in [-0.15, -0.1) is 0 Å². The molecule has 59 heavy (non-hydrogen) atoms. The van der Waals surface area contributed by atoms with Crippen LogP contribution in [0.15, 0.2) is 71.5 Å². The van der Waals surface area contributed by atoms with Crippen LogP contribution in [-0.2, 0) is 15.0 Å². The number of aldehydes is 1. The number of benzene rings is 3. The maximum absolute atomic E-state index is 13.0. The largest absolute Gasteiger partial charge is 0.369 e. The number of H-pyrrole nitrogens is 1. The van der Waals surface area contributed by atoms with Gasteiger partial charge in [0.05, 0.1) is 23.0 Å².